The van der Waals surface area contributed by atoms with Gasteiger partial charge in [0.1, 0.15) is 11.6 Å². The first-order chi connectivity index (χ1) is 10.9. The highest BCUT2D eigenvalue weighted by molar-refractivity contribution is 5.88. The largest absolute Gasteiger partial charge is 0.483 e. The van der Waals surface area contributed by atoms with Crippen LogP contribution in [0.4, 0.5) is 0 Å². The van der Waals surface area contributed by atoms with Crippen LogP contribution in [0.1, 0.15) is 11.7 Å². The van der Waals surface area contributed by atoms with Crippen LogP contribution in [-0.2, 0) is 4.74 Å². The number of hydrogen-bond donors (Lipinski definition) is 1. The summed E-state index contributed by atoms with van der Waals surface area (Å²) in [6.45, 7) is 1.63. The molecule has 1 heterocycles. The predicted octanol–water partition coefficient (Wildman–Crippen LogP) is 2.82. The average Bonchev–Trinajstić information content (AvgIpc) is 3.11. The van der Waals surface area contributed by atoms with E-state index >= 15 is 0 Å². The summed E-state index contributed by atoms with van der Waals surface area (Å²) in [5, 5.41) is 3.29. The van der Waals surface area contributed by atoms with E-state index in [1.807, 2.05) is 48.5 Å². The highest BCUT2D eigenvalue weighted by Crippen LogP contribution is 2.27. The molecular formula is C18H20N2O2. The molecule has 0 radical (unpaired) electrons. The molecule has 1 N–H and O–H groups in total. The first-order valence-corrected chi connectivity index (χ1v) is 7.46. The Morgan fingerprint density at radius 1 is 0.955 bits per heavy atom. The Balaban J connectivity index is 1.91. The zero-order valence-corrected chi connectivity index (χ0v) is 12.6. The van der Waals surface area contributed by atoms with Gasteiger partial charge in [0.2, 0.25) is 0 Å². The number of para-hydroxylation sites is 1. The van der Waals surface area contributed by atoms with Crippen molar-refractivity contribution in [3.63, 3.8) is 0 Å². The first-order valence-electron chi connectivity index (χ1n) is 7.46. The normalized spacial score (nSPS) is 16.5. The summed E-state index contributed by atoms with van der Waals surface area (Å²) in [5.41, 5.74) is 1.06. The molecule has 2 unspecified atom stereocenters. The topological polar surface area (TPSA) is 42.8 Å². The van der Waals surface area contributed by atoms with Crippen LogP contribution in [0.25, 0.3) is 0 Å². The van der Waals surface area contributed by atoms with Gasteiger partial charge in [-0.2, -0.15) is 0 Å². The zero-order valence-electron chi connectivity index (χ0n) is 12.6. The minimum Gasteiger partial charge on any atom is -0.483 e. The van der Waals surface area contributed by atoms with Crippen LogP contribution in [0, 0.1) is 0 Å². The van der Waals surface area contributed by atoms with Crippen molar-refractivity contribution < 1.29 is 9.47 Å². The molecule has 2 aromatic rings. The molecule has 4 heteroatoms. The SMILES string of the molecule is COC(C1=NCCN1)C(Oc1ccccc1)c1ccccc1. The van der Waals surface area contributed by atoms with Crippen molar-refractivity contribution in [2.45, 2.75) is 12.2 Å². The van der Waals surface area contributed by atoms with E-state index in [2.05, 4.69) is 22.4 Å². The van der Waals surface area contributed by atoms with Crippen LogP contribution in [0.5, 0.6) is 5.75 Å². The molecule has 0 aromatic heterocycles. The van der Waals surface area contributed by atoms with Crippen LogP contribution >= 0.6 is 0 Å². The van der Waals surface area contributed by atoms with Crippen LogP contribution in [0.2, 0.25) is 0 Å². The lowest BCUT2D eigenvalue weighted by Crippen LogP contribution is -2.39. The van der Waals surface area contributed by atoms with Crippen LogP contribution in [-0.4, -0.2) is 32.1 Å². The third kappa shape index (κ3) is 3.28. The summed E-state index contributed by atoms with van der Waals surface area (Å²) >= 11 is 0. The molecule has 114 valence electrons. The molecule has 0 spiro atoms. The molecule has 4 nitrogen and oxygen atoms in total. The lowest BCUT2D eigenvalue weighted by Gasteiger charge is -2.27. The summed E-state index contributed by atoms with van der Waals surface area (Å²) in [6.07, 6.45) is -0.511. The van der Waals surface area contributed by atoms with Crippen molar-refractivity contribution in [1.29, 1.82) is 0 Å². The van der Waals surface area contributed by atoms with E-state index in [9.17, 15) is 0 Å². The number of rotatable bonds is 6. The molecule has 22 heavy (non-hydrogen) atoms. The molecule has 0 saturated carbocycles. The van der Waals surface area contributed by atoms with Gasteiger partial charge in [0.25, 0.3) is 0 Å². The highest BCUT2D eigenvalue weighted by atomic mass is 16.5. The molecule has 2 aromatic carbocycles. The van der Waals surface area contributed by atoms with E-state index in [1.165, 1.54) is 0 Å². The summed E-state index contributed by atoms with van der Waals surface area (Å²) in [7, 11) is 1.69. The van der Waals surface area contributed by atoms with Crippen molar-refractivity contribution in [2.75, 3.05) is 20.2 Å². The Bertz CT molecular complexity index is 613. The number of benzene rings is 2. The summed E-state index contributed by atoms with van der Waals surface area (Å²) < 4.78 is 11.9. The van der Waals surface area contributed by atoms with Gasteiger partial charge < -0.3 is 14.8 Å². The van der Waals surface area contributed by atoms with Crippen LogP contribution < -0.4 is 10.1 Å². The first kappa shape index (κ1) is 14.6. The molecule has 0 fully saturated rings. The van der Waals surface area contributed by atoms with E-state index in [0.29, 0.717) is 0 Å². The van der Waals surface area contributed by atoms with Crippen molar-refractivity contribution in [3.8, 4) is 5.75 Å². The van der Waals surface area contributed by atoms with Crippen LogP contribution in [0.3, 0.4) is 0 Å². The summed E-state index contributed by atoms with van der Waals surface area (Å²) in [4.78, 5) is 4.50. The number of ether oxygens (including phenoxy) is 2. The van der Waals surface area contributed by atoms with Gasteiger partial charge in [0, 0.05) is 13.7 Å². The van der Waals surface area contributed by atoms with E-state index < -0.39 is 0 Å². The number of aliphatic imine (C=N–C) groups is 1. The fourth-order valence-electron chi connectivity index (χ4n) is 2.58. The molecule has 0 saturated heterocycles. The number of methoxy groups -OCH3 is 1. The molecule has 1 aliphatic rings. The fourth-order valence-corrected chi connectivity index (χ4v) is 2.58. The maximum absolute atomic E-state index is 6.22. The maximum atomic E-state index is 6.22. The molecule has 0 aliphatic carbocycles. The Morgan fingerprint density at radius 3 is 2.23 bits per heavy atom. The van der Waals surface area contributed by atoms with Crippen molar-refractivity contribution in [1.82, 2.24) is 5.32 Å². The van der Waals surface area contributed by atoms with Crippen LogP contribution in [0.15, 0.2) is 65.7 Å². The fraction of sp³-hybridized carbons (Fsp3) is 0.278. The van der Waals surface area contributed by atoms with E-state index in [1.54, 1.807) is 7.11 Å². The summed E-state index contributed by atoms with van der Waals surface area (Å²) in [5.74, 6) is 1.67. The predicted molar refractivity (Wildman–Crippen MR) is 87.4 cm³/mol. The lowest BCUT2D eigenvalue weighted by molar-refractivity contribution is 0.0414. The van der Waals surface area contributed by atoms with E-state index in [4.69, 9.17) is 9.47 Å². The van der Waals surface area contributed by atoms with Gasteiger partial charge in [-0.25, -0.2) is 0 Å². The minimum absolute atomic E-state index is 0.252. The van der Waals surface area contributed by atoms with Gasteiger partial charge in [-0.1, -0.05) is 48.5 Å². The molecule has 0 amide bonds. The van der Waals surface area contributed by atoms with Gasteiger partial charge >= 0.3 is 0 Å². The van der Waals surface area contributed by atoms with E-state index in [-0.39, 0.29) is 12.2 Å². The number of nitrogens with one attached hydrogen (secondary N) is 1. The number of nitrogens with zero attached hydrogens (tertiary/aromatic N) is 1. The molecule has 1 aliphatic heterocycles. The van der Waals surface area contributed by atoms with Gasteiger partial charge in [0.05, 0.1) is 6.54 Å². The molecular weight excluding hydrogens is 276 g/mol. The molecule has 2 atom stereocenters. The Kier molecular flexibility index (Phi) is 4.71. The van der Waals surface area contributed by atoms with Gasteiger partial charge in [-0.15, -0.1) is 0 Å². The number of amidine groups is 1. The number of hydrogen-bond acceptors (Lipinski definition) is 4. The lowest BCUT2D eigenvalue weighted by atomic mass is 10.0. The highest BCUT2D eigenvalue weighted by Gasteiger charge is 2.31. The second-order valence-corrected chi connectivity index (χ2v) is 5.11. The maximum Gasteiger partial charge on any atom is 0.157 e. The smallest absolute Gasteiger partial charge is 0.157 e. The quantitative estimate of drug-likeness (QED) is 0.891. The zero-order chi connectivity index (χ0) is 15.2. The minimum atomic E-state index is -0.259. The molecule has 3 rings (SSSR count). The Labute approximate surface area is 130 Å². The van der Waals surface area contributed by atoms with Crippen molar-refractivity contribution >= 4 is 5.84 Å². The Hall–Kier alpha value is -2.33. The monoisotopic (exact) mass is 296 g/mol. The van der Waals surface area contributed by atoms with Gasteiger partial charge in [0.15, 0.2) is 12.2 Å². The third-order valence-electron chi connectivity index (χ3n) is 3.63. The van der Waals surface area contributed by atoms with E-state index in [0.717, 1.165) is 30.2 Å². The average molecular weight is 296 g/mol. The van der Waals surface area contributed by atoms with Gasteiger partial charge in [-0.3, -0.25) is 4.99 Å². The third-order valence-corrected chi connectivity index (χ3v) is 3.63. The summed E-state index contributed by atoms with van der Waals surface area (Å²) in [6, 6.07) is 19.9. The Morgan fingerprint density at radius 2 is 1.64 bits per heavy atom. The second kappa shape index (κ2) is 7.09. The standard InChI is InChI=1S/C18H20N2O2/c1-21-17(18-19-12-13-20-18)16(14-8-4-2-5-9-14)22-15-10-6-3-7-11-15/h2-11,16-17H,12-13H2,1H3,(H,19,20). The second-order valence-electron chi connectivity index (χ2n) is 5.11. The van der Waals surface area contributed by atoms with Gasteiger partial charge in [-0.05, 0) is 17.7 Å². The van der Waals surface area contributed by atoms with Crippen molar-refractivity contribution in [3.05, 3.63) is 66.2 Å². The van der Waals surface area contributed by atoms with Crippen molar-refractivity contribution in [2.24, 2.45) is 4.99 Å². The molecule has 0 bridgehead atoms.